The number of carboxylic acid groups (broad SMARTS) is 1. The zero-order valence-corrected chi connectivity index (χ0v) is 13.6. The van der Waals surface area contributed by atoms with E-state index >= 15 is 0 Å². The molecule has 118 valence electrons. The van der Waals surface area contributed by atoms with Gasteiger partial charge in [0.25, 0.3) is 0 Å². The van der Waals surface area contributed by atoms with Crippen molar-refractivity contribution in [2.45, 2.75) is 31.2 Å². The highest BCUT2D eigenvalue weighted by Crippen LogP contribution is 2.24. The summed E-state index contributed by atoms with van der Waals surface area (Å²) in [5.74, 6) is -3.70. The average molecular weight is 386 g/mol. The van der Waals surface area contributed by atoms with Gasteiger partial charge in [0.1, 0.15) is 22.6 Å². The van der Waals surface area contributed by atoms with Crippen LogP contribution in [0.15, 0.2) is 21.5 Å². The van der Waals surface area contributed by atoms with Crippen molar-refractivity contribution in [3.8, 4) is 0 Å². The van der Waals surface area contributed by atoms with Gasteiger partial charge in [0.05, 0.1) is 4.47 Å². The van der Waals surface area contributed by atoms with Crippen molar-refractivity contribution in [1.29, 1.82) is 0 Å². The van der Waals surface area contributed by atoms with Crippen LogP contribution in [0.25, 0.3) is 0 Å². The van der Waals surface area contributed by atoms with E-state index in [0.717, 1.165) is 6.07 Å². The summed E-state index contributed by atoms with van der Waals surface area (Å²) < 4.78 is 52.5. The third-order valence-corrected chi connectivity index (χ3v) is 4.66. The van der Waals surface area contributed by atoms with Gasteiger partial charge in [-0.2, -0.15) is 4.72 Å². The SMILES string of the molecule is CC(C)CC(NS(=O)(=O)c1cc(Br)c(F)cc1F)C(=O)O. The van der Waals surface area contributed by atoms with Crippen LogP contribution in [-0.4, -0.2) is 25.5 Å². The van der Waals surface area contributed by atoms with Crippen molar-refractivity contribution in [3.63, 3.8) is 0 Å². The normalized spacial score (nSPS) is 13.4. The van der Waals surface area contributed by atoms with Crippen LogP contribution in [0.4, 0.5) is 8.78 Å². The number of hydrogen-bond donors (Lipinski definition) is 2. The van der Waals surface area contributed by atoms with Crippen LogP contribution < -0.4 is 4.72 Å². The van der Waals surface area contributed by atoms with Crippen LogP contribution in [0.5, 0.6) is 0 Å². The summed E-state index contributed by atoms with van der Waals surface area (Å²) in [6.07, 6.45) is 0.0402. The molecule has 0 bridgehead atoms. The van der Waals surface area contributed by atoms with E-state index < -0.39 is 38.6 Å². The Labute approximate surface area is 129 Å². The first-order valence-corrected chi connectivity index (χ1v) is 8.22. The van der Waals surface area contributed by atoms with Crippen molar-refractivity contribution in [1.82, 2.24) is 4.72 Å². The van der Waals surface area contributed by atoms with Gasteiger partial charge in [-0.3, -0.25) is 4.79 Å². The molecule has 0 saturated carbocycles. The van der Waals surface area contributed by atoms with E-state index in [2.05, 4.69) is 15.9 Å². The van der Waals surface area contributed by atoms with Gasteiger partial charge in [0, 0.05) is 6.07 Å². The molecule has 1 aromatic carbocycles. The quantitative estimate of drug-likeness (QED) is 0.736. The fourth-order valence-electron chi connectivity index (χ4n) is 1.63. The predicted octanol–water partition coefficient (Wildman–Crippen LogP) is 2.50. The van der Waals surface area contributed by atoms with Crippen LogP contribution >= 0.6 is 15.9 Å². The average Bonchev–Trinajstić information content (AvgIpc) is 2.31. The van der Waals surface area contributed by atoms with E-state index in [1.165, 1.54) is 0 Å². The van der Waals surface area contributed by atoms with Gasteiger partial charge < -0.3 is 5.11 Å². The summed E-state index contributed by atoms with van der Waals surface area (Å²) in [5, 5.41) is 9.01. The molecule has 1 rings (SSSR count). The number of nitrogens with one attached hydrogen (secondary N) is 1. The Morgan fingerprint density at radius 3 is 2.38 bits per heavy atom. The molecular formula is C12H14BrF2NO4S. The van der Waals surface area contributed by atoms with E-state index in [0.29, 0.717) is 6.07 Å². The Morgan fingerprint density at radius 2 is 1.90 bits per heavy atom. The zero-order valence-electron chi connectivity index (χ0n) is 11.2. The number of rotatable bonds is 6. The van der Waals surface area contributed by atoms with Crippen LogP contribution in [0.2, 0.25) is 0 Å². The predicted molar refractivity (Wildman–Crippen MR) is 75.3 cm³/mol. The summed E-state index contributed by atoms with van der Waals surface area (Å²) in [6, 6.07) is -0.226. The third kappa shape index (κ3) is 4.72. The molecule has 1 atom stereocenters. The molecule has 9 heteroatoms. The molecule has 0 radical (unpaired) electrons. The first-order valence-electron chi connectivity index (χ1n) is 5.94. The van der Waals surface area contributed by atoms with Crippen LogP contribution in [-0.2, 0) is 14.8 Å². The highest BCUT2D eigenvalue weighted by atomic mass is 79.9. The van der Waals surface area contributed by atoms with Gasteiger partial charge in [-0.15, -0.1) is 0 Å². The van der Waals surface area contributed by atoms with Gasteiger partial charge in [-0.05, 0) is 34.3 Å². The summed E-state index contributed by atoms with van der Waals surface area (Å²) in [7, 11) is -4.42. The highest BCUT2D eigenvalue weighted by molar-refractivity contribution is 9.10. The molecule has 1 aromatic rings. The van der Waals surface area contributed by atoms with E-state index in [4.69, 9.17) is 5.11 Å². The molecule has 21 heavy (non-hydrogen) atoms. The number of aliphatic carboxylic acids is 1. The Morgan fingerprint density at radius 1 is 1.33 bits per heavy atom. The van der Waals surface area contributed by atoms with Crippen molar-refractivity contribution >= 4 is 31.9 Å². The minimum absolute atomic E-state index is 0.0402. The lowest BCUT2D eigenvalue weighted by molar-refractivity contribution is -0.139. The topological polar surface area (TPSA) is 83.5 Å². The molecule has 0 aromatic heterocycles. The number of halogens is 3. The third-order valence-electron chi connectivity index (χ3n) is 2.57. The maximum absolute atomic E-state index is 13.6. The molecule has 0 heterocycles. The highest BCUT2D eigenvalue weighted by Gasteiger charge is 2.28. The van der Waals surface area contributed by atoms with Crippen molar-refractivity contribution in [3.05, 3.63) is 28.2 Å². The zero-order chi connectivity index (χ0) is 16.4. The van der Waals surface area contributed by atoms with Crippen molar-refractivity contribution < 1.29 is 27.1 Å². The van der Waals surface area contributed by atoms with Gasteiger partial charge in [0.15, 0.2) is 0 Å². The van der Waals surface area contributed by atoms with E-state index in [1.54, 1.807) is 13.8 Å². The van der Waals surface area contributed by atoms with E-state index in [9.17, 15) is 22.0 Å². The van der Waals surface area contributed by atoms with Crippen LogP contribution in [0.3, 0.4) is 0 Å². The monoisotopic (exact) mass is 385 g/mol. The second-order valence-corrected chi connectivity index (χ2v) is 7.38. The number of hydrogen-bond acceptors (Lipinski definition) is 3. The lowest BCUT2D eigenvalue weighted by Gasteiger charge is -2.17. The largest absolute Gasteiger partial charge is 0.480 e. The molecule has 0 aliphatic rings. The van der Waals surface area contributed by atoms with E-state index in [-0.39, 0.29) is 16.8 Å². The minimum Gasteiger partial charge on any atom is -0.480 e. The van der Waals surface area contributed by atoms with Gasteiger partial charge in [0.2, 0.25) is 10.0 Å². The summed E-state index contributed by atoms with van der Waals surface area (Å²) in [4.78, 5) is 10.2. The summed E-state index contributed by atoms with van der Waals surface area (Å²) in [5.41, 5.74) is 0. The molecular weight excluding hydrogens is 372 g/mol. The van der Waals surface area contributed by atoms with Crippen LogP contribution in [0, 0.1) is 17.6 Å². The molecule has 0 spiro atoms. The number of carboxylic acids is 1. The van der Waals surface area contributed by atoms with Crippen molar-refractivity contribution in [2.24, 2.45) is 5.92 Å². The first-order chi connectivity index (χ1) is 9.54. The van der Waals surface area contributed by atoms with Crippen LogP contribution in [0.1, 0.15) is 20.3 Å². The van der Waals surface area contributed by atoms with Gasteiger partial charge in [-0.25, -0.2) is 17.2 Å². The number of sulfonamides is 1. The smallest absolute Gasteiger partial charge is 0.321 e. The molecule has 0 fully saturated rings. The molecule has 5 nitrogen and oxygen atoms in total. The molecule has 0 aliphatic carbocycles. The van der Waals surface area contributed by atoms with E-state index in [1.807, 2.05) is 4.72 Å². The lowest BCUT2D eigenvalue weighted by atomic mass is 10.1. The van der Waals surface area contributed by atoms with Gasteiger partial charge >= 0.3 is 5.97 Å². The number of benzene rings is 1. The Bertz CT molecular complexity index is 649. The van der Waals surface area contributed by atoms with Gasteiger partial charge in [-0.1, -0.05) is 13.8 Å². The summed E-state index contributed by atoms with van der Waals surface area (Å²) in [6.45, 7) is 3.44. The second-order valence-electron chi connectivity index (χ2n) is 4.84. The number of carbonyl (C=O) groups is 1. The molecule has 0 amide bonds. The Kier molecular flexibility index (Phi) is 5.83. The second kappa shape index (κ2) is 6.80. The maximum atomic E-state index is 13.6. The minimum atomic E-state index is -4.42. The molecule has 0 aliphatic heterocycles. The van der Waals surface area contributed by atoms with Crippen molar-refractivity contribution in [2.75, 3.05) is 0 Å². The first kappa shape index (κ1) is 18.0. The Hall–Kier alpha value is -1.06. The lowest BCUT2D eigenvalue weighted by Crippen LogP contribution is -2.41. The Balaban J connectivity index is 3.16. The molecule has 2 N–H and O–H groups in total. The standard InChI is InChI=1S/C12H14BrF2NO4S/c1-6(2)3-10(12(17)18)16-21(19,20)11-4-7(13)8(14)5-9(11)15/h4-6,10,16H,3H2,1-2H3,(H,17,18). The fourth-order valence-corrected chi connectivity index (χ4v) is 3.41. The summed E-state index contributed by atoms with van der Waals surface area (Å²) >= 11 is 2.76. The maximum Gasteiger partial charge on any atom is 0.321 e. The fraction of sp³-hybridized carbons (Fsp3) is 0.417. The molecule has 1 unspecified atom stereocenters. The molecule has 0 saturated heterocycles.